The topological polar surface area (TPSA) is 114 Å². The van der Waals surface area contributed by atoms with Crippen LogP contribution in [0.4, 0.5) is 17.1 Å². The van der Waals surface area contributed by atoms with E-state index in [2.05, 4.69) is 31.9 Å². The second-order valence-corrected chi connectivity index (χ2v) is 7.29. The van der Waals surface area contributed by atoms with E-state index < -0.39 is 18.5 Å². The van der Waals surface area contributed by atoms with Crippen LogP contribution in [0.25, 0.3) is 0 Å². The fourth-order valence-corrected chi connectivity index (χ4v) is 2.67. The number of anilines is 3. The largest absolute Gasteiger partial charge is 0.456 e. The molecule has 2 aromatic carbocycles. The van der Waals surface area contributed by atoms with Crippen molar-refractivity contribution in [3.63, 3.8) is 0 Å². The van der Waals surface area contributed by atoms with E-state index in [0.717, 1.165) is 4.47 Å². The van der Waals surface area contributed by atoms with E-state index in [-0.39, 0.29) is 24.7 Å². The van der Waals surface area contributed by atoms with E-state index in [1.165, 1.54) is 6.92 Å². The van der Waals surface area contributed by atoms with Gasteiger partial charge in [0.1, 0.15) is 0 Å². The minimum Gasteiger partial charge on any atom is -0.456 e. The lowest BCUT2D eigenvalue weighted by atomic mass is 10.2. The number of rotatable bonds is 9. The Balaban J connectivity index is 1.62. The molecule has 0 atom stereocenters. The molecule has 0 aromatic heterocycles. The first kappa shape index (κ1) is 23.1. The van der Waals surface area contributed by atoms with Crippen LogP contribution in [0.5, 0.6) is 0 Å². The molecule has 9 heteroatoms. The van der Waals surface area contributed by atoms with Crippen molar-refractivity contribution in [3.8, 4) is 0 Å². The van der Waals surface area contributed by atoms with Crippen molar-refractivity contribution in [2.45, 2.75) is 26.2 Å². The number of benzene rings is 2. The van der Waals surface area contributed by atoms with E-state index in [1.54, 1.807) is 36.4 Å². The van der Waals surface area contributed by atoms with E-state index in [4.69, 9.17) is 4.74 Å². The first-order valence-corrected chi connectivity index (χ1v) is 9.99. The Labute approximate surface area is 182 Å². The Morgan fingerprint density at radius 1 is 0.767 bits per heavy atom. The summed E-state index contributed by atoms with van der Waals surface area (Å²) in [7, 11) is 0. The van der Waals surface area contributed by atoms with Gasteiger partial charge in [0.2, 0.25) is 11.8 Å². The Morgan fingerprint density at radius 3 is 1.83 bits per heavy atom. The highest BCUT2D eigenvalue weighted by Crippen LogP contribution is 2.15. The predicted molar refractivity (Wildman–Crippen MR) is 117 cm³/mol. The molecule has 0 saturated heterocycles. The maximum Gasteiger partial charge on any atom is 0.306 e. The van der Waals surface area contributed by atoms with Gasteiger partial charge in [0.05, 0.1) is 0 Å². The van der Waals surface area contributed by atoms with Crippen molar-refractivity contribution in [1.29, 1.82) is 0 Å². The molecule has 2 aromatic rings. The summed E-state index contributed by atoms with van der Waals surface area (Å²) in [4.78, 5) is 46.5. The molecule has 0 unspecified atom stereocenters. The number of esters is 1. The van der Waals surface area contributed by atoms with Crippen molar-refractivity contribution >= 4 is 56.7 Å². The summed E-state index contributed by atoms with van der Waals surface area (Å²) in [5.41, 5.74) is 1.79. The summed E-state index contributed by atoms with van der Waals surface area (Å²) < 4.78 is 5.83. The van der Waals surface area contributed by atoms with Gasteiger partial charge >= 0.3 is 5.97 Å². The molecule has 0 saturated carbocycles. The van der Waals surface area contributed by atoms with Gasteiger partial charge < -0.3 is 20.7 Å². The highest BCUT2D eigenvalue weighted by atomic mass is 79.9. The van der Waals surface area contributed by atoms with Crippen LogP contribution < -0.4 is 16.0 Å². The van der Waals surface area contributed by atoms with E-state index in [9.17, 15) is 19.2 Å². The maximum atomic E-state index is 11.9. The van der Waals surface area contributed by atoms with Crippen LogP contribution in [0.15, 0.2) is 53.0 Å². The van der Waals surface area contributed by atoms with Crippen molar-refractivity contribution in [2.75, 3.05) is 22.6 Å². The quantitative estimate of drug-likeness (QED) is 0.478. The number of halogens is 1. The first-order chi connectivity index (χ1) is 14.3. The standard InChI is InChI=1S/C21H22BrN3O5/c1-14(26)23-16-9-11-18(12-10-16)25-20(28)13-30-21(29)4-2-3-19(27)24-17-7-5-15(22)6-8-17/h5-12H,2-4,13H2,1H3,(H,23,26)(H,24,27)(H,25,28). The molecule has 3 N–H and O–H groups in total. The summed E-state index contributed by atoms with van der Waals surface area (Å²) in [5, 5.41) is 7.94. The molecule has 0 heterocycles. The molecular weight excluding hydrogens is 454 g/mol. The number of ether oxygens (including phenoxy) is 1. The lowest BCUT2D eigenvalue weighted by Crippen LogP contribution is -2.21. The summed E-state index contributed by atoms with van der Waals surface area (Å²) in [6, 6.07) is 13.7. The van der Waals surface area contributed by atoms with Crippen LogP contribution in [-0.2, 0) is 23.9 Å². The summed E-state index contributed by atoms with van der Waals surface area (Å²) >= 11 is 3.32. The van der Waals surface area contributed by atoms with Gasteiger partial charge in [-0.3, -0.25) is 19.2 Å². The second kappa shape index (κ2) is 11.7. The van der Waals surface area contributed by atoms with Crippen molar-refractivity contribution < 1.29 is 23.9 Å². The molecule has 0 aliphatic rings. The average Bonchev–Trinajstić information content (AvgIpc) is 2.69. The fraction of sp³-hybridized carbons (Fsp3) is 0.238. The van der Waals surface area contributed by atoms with Gasteiger partial charge in [0.25, 0.3) is 5.91 Å². The molecule has 0 spiro atoms. The molecule has 2 rings (SSSR count). The Bertz CT molecular complexity index is 898. The summed E-state index contributed by atoms with van der Waals surface area (Å²) in [6.45, 7) is 0.982. The van der Waals surface area contributed by atoms with Gasteiger partial charge in [-0.25, -0.2) is 0 Å². The number of hydrogen-bond donors (Lipinski definition) is 3. The molecule has 0 fully saturated rings. The predicted octanol–water partition coefficient (Wildman–Crippen LogP) is 3.70. The summed E-state index contributed by atoms with van der Waals surface area (Å²) in [5.74, 6) is -1.43. The normalized spacial score (nSPS) is 10.1. The van der Waals surface area contributed by atoms with Crippen LogP contribution in [0, 0.1) is 0 Å². The zero-order valence-electron chi connectivity index (χ0n) is 16.4. The van der Waals surface area contributed by atoms with Crippen LogP contribution in [0.3, 0.4) is 0 Å². The van der Waals surface area contributed by atoms with E-state index >= 15 is 0 Å². The van der Waals surface area contributed by atoms with Gasteiger partial charge in [-0.05, 0) is 55.0 Å². The van der Waals surface area contributed by atoms with Crippen LogP contribution in [-0.4, -0.2) is 30.3 Å². The Hall–Kier alpha value is -3.20. The molecule has 3 amide bonds. The maximum absolute atomic E-state index is 11.9. The molecule has 8 nitrogen and oxygen atoms in total. The molecular formula is C21H22BrN3O5. The molecule has 0 aliphatic heterocycles. The Morgan fingerprint density at radius 2 is 1.27 bits per heavy atom. The molecule has 30 heavy (non-hydrogen) atoms. The van der Waals surface area contributed by atoms with Crippen molar-refractivity contribution in [2.24, 2.45) is 0 Å². The first-order valence-electron chi connectivity index (χ1n) is 9.20. The minimum atomic E-state index is -0.553. The lowest BCUT2D eigenvalue weighted by Gasteiger charge is -2.08. The lowest BCUT2D eigenvalue weighted by molar-refractivity contribution is -0.147. The third-order valence-corrected chi connectivity index (χ3v) is 4.29. The molecule has 0 radical (unpaired) electrons. The third kappa shape index (κ3) is 8.87. The van der Waals surface area contributed by atoms with Gasteiger partial charge in [-0.2, -0.15) is 0 Å². The van der Waals surface area contributed by atoms with Crippen LogP contribution in [0.1, 0.15) is 26.2 Å². The van der Waals surface area contributed by atoms with Crippen LogP contribution >= 0.6 is 15.9 Å². The number of amides is 3. The number of nitrogens with one attached hydrogen (secondary N) is 3. The monoisotopic (exact) mass is 475 g/mol. The number of carbonyl (C=O) groups is 4. The highest BCUT2D eigenvalue weighted by molar-refractivity contribution is 9.10. The number of carbonyl (C=O) groups excluding carboxylic acids is 4. The van der Waals surface area contributed by atoms with Crippen LogP contribution in [0.2, 0.25) is 0 Å². The van der Waals surface area contributed by atoms with Gasteiger partial charge in [-0.15, -0.1) is 0 Å². The van der Waals surface area contributed by atoms with E-state index in [1.807, 2.05) is 12.1 Å². The highest BCUT2D eigenvalue weighted by Gasteiger charge is 2.10. The van der Waals surface area contributed by atoms with Crippen molar-refractivity contribution in [1.82, 2.24) is 0 Å². The third-order valence-electron chi connectivity index (χ3n) is 3.77. The SMILES string of the molecule is CC(=O)Nc1ccc(NC(=O)COC(=O)CCCC(=O)Nc2ccc(Br)cc2)cc1. The zero-order valence-corrected chi connectivity index (χ0v) is 18.0. The fourth-order valence-electron chi connectivity index (χ4n) is 2.41. The van der Waals surface area contributed by atoms with Gasteiger partial charge in [0, 0.05) is 41.3 Å². The molecule has 158 valence electrons. The average molecular weight is 476 g/mol. The van der Waals surface area contributed by atoms with Crippen molar-refractivity contribution in [3.05, 3.63) is 53.0 Å². The van der Waals surface area contributed by atoms with Gasteiger partial charge in [-0.1, -0.05) is 15.9 Å². The Kier molecular flexibility index (Phi) is 9.02. The zero-order chi connectivity index (χ0) is 21.9. The van der Waals surface area contributed by atoms with E-state index in [0.29, 0.717) is 23.5 Å². The second-order valence-electron chi connectivity index (χ2n) is 6.38. The molecule has 0 bridgehead atoms. The van der Waals surface area contributed by atoms with Gasteiger partial charge in [0.15, 0.2) is 6.61 Å². The smallest absolute Gasteiger partial charge is 0.306 e. The summed E-state index contributed by atoms with van der Waals surface area (Å²) in [6.07, 6.45) is 0.512. The molecule has 0 aliphatic carbocycles. The minimum absolute atomic E-state index is 0.0342. The number of hydrogen-bond acceptors (Lipinski definition) is 5.